The second-order valence-corrected chi connectivity index (χ2v) is 5.01. The molecule has 2 aliphatic rings. The fourth-order valence-electron chi connectivity index (χ4n) is 2.67. The van der Waals surface area contributed by atoms with Crippen LogP contribution in [0, 0.1) is 5.92 Å². The Morgan fingerprint density at radius 1 is 1.39 bits per heavy atom. The number of carboxylic acid groups (broad SMARTS) is 1. The lowest BCUT2D eigenvalue weighted by molar-refractivity contribution is -0.149. The van der Waals surface area contributed by atoms with Gasteiger partial charge in [0.1, 0.15) is 6.04 Å². The maximum absolute atomic E-state index is 12.3. The van der Waals surface area contributed by atoms with Crippen LogP contribution in [0.1, 0.15) is 19.8 Å². The van der Waals surface area contributed by atoms with Crippen molar-refractivity contribution < 1.29 is 24.2 Å². The zero-order valence-electron chi connectivity index (χ0n) is 10.7. The second kappa shape index (κ2) is 5.24. The number of ether oxygens (including phenoxy) is 2. The molecule has 4 unspecified atom stereocenters. The highest BCUT2D eigenvalue weighted by Gasteiger charge is 2.43. The Bertz CT molecular complexity index is 345. The van der Waals surface area contributed by atoms with Gasteiger partial charge < -0.3 is 19.5 Å². The van der Waals surface area contributed by atoms with E-state index in [1.165, 1.54) is 12.0 Å². The Morgan fingerprint density at radius 2 is 2.11 bits per heavy atom. The molecular weight excluding hydrogens is 238 g/mol. The number of carbonyl (C=O) groups is 2. The number of amides is 1. The zero-order chi connectivity index (χ0) is 13.3. The van der Waals surface area contributed by atoms with Crippen LogP contribution in [0.4, 0.5) is 0 Å². The summed E-state index contributed by atoms with van der Waals surface area (Å²) in [5, 5.41) is 9.16. The van der Waals surface area contributed by atoms with Crippen molar-refractivity contribution in [2.75, 3.05) is 20.3 Å². The van der Waals surface area contributed by atoms with E-state index in [9.17, 15) is 9.59 Å². The maximum atomic E-state index is 12.3. The molecule has 2 aliphatic heterocycles. The summed E-state index contributed by atoms with van der Waals surface area (Å²) >= 11 is 0. The molecule has 2 fully saturated rings. The maximum Gasteiger partial charge on any atom is 0.326 e. The van der Waals surface area contributed by atoms with Gasteiger partial charge in [-0.25, -0.2) is 4.79 Å². The molecule has 0 bridgehead atoms. The van der Waals surface area contributed by atoms with Crippen molar-refractivity contribution in [2.45, 2.75) is 38.0 Å². The first-order chi connectivity index (χ1) is 8.52. The van der Waals surface area contributed by atoms with Gasteiger partial charge in [-0.15, -0.1) is 0 Å². The smallest absolute Gasteiger partial charge is 0.326 e. The molecule has 1 N–H and O–H groups in total. The van der Waals surface area contributed by atoms with Crippen molar-refractivity contribution in [2.24, 2.45) is 5.92 Å². The standard InChI is InChI=1S/C12H19NO5/c1-7-3-8(6-18-7)11(14)13-5-9(17-2)4-10(13)12(15)16/h7-10H,3-6H2,1-2H3,(H,15,16). The molecule has 102 valence electrons. The molecule has 2 rings (SSSR count). The summed E-state index contributed by atoms with van der Waals surface area (Å²) in [4.78, 5) is 24.9. The van der Waals surface area contributed by atoms with Gasteiger partial charge in [-0.05, 0) is 13.3 Å². The molecule has 0 spiro atoms. The van der Waals surface area contributed by atoms with Crippen molar-refractivity contribution in [3.63, 3.8) is 0 Å². The number of hydrogen-bond donors (Lipinski definition) is 1. The normalized spacial score (nSPS) is 36.0. The molecule has 0 aromatic heterocycles. The lowest BCUT2D eigenvalue weighted by Crippen LogP contribution is -2.44. The van der Waals surface area contributed by atoms with Crippen LogP contribution in [0.3, 0.4) is 0 Å². The number of nitrogens with zero attached hydrogens (tertiary/aromatic N) is 1. The summed E-state index contributed by atoms with van der Waals surface area (Å²) in [7, 11) is 1.54. The van der Waals surface area contributed by atoms with Crippen LogP contribution in [-0.2, 0) is 19.1 Å². The lowest BCUT2D eigenvalue weighted by Gasteiger charge is -2.23. The predicted octanol–water partition coefficient (Wildman–Crippen LogP) is 0.112. The molecular formula is C12H19NO5. The van der Waals surface area contributed by atoms with E-state index in [-0.39, 0.29) is 24.0 Å². The number of hydrogen-bond acceptors (Lipinski definition) is 4. The molecule has 0 aromatic rings. The third-order valence-electron chi connectivity index (χ3n) is 3.71. The van der Waals surface area contributed by atoms with Gasteiger partial charge in [-0.1, -0.05) is 0 Å². The quantitative estimate of drug-likeness (QED) is 0.776. The van der Waals surface area contributed by atoms with Crippen LogP contribution < -0.4 is 0 Å². The summed E-state index contributed by atoms with van der Waals surface area (Å²) in [6.07, 6.45) is 0.915. The van der Waals surface area contributed by atoms with Crippen molar-refractivity contribution in [3.05, 3.63) is 0 Å². The molecule has 2 heterocycles. The van der Waals surface area contributed by atoms with Crippen LogP contribution in [0.25, 0.3) is 0 Å². The number of carboxylic acids is 1. The van der Waals surface area contributed by atoms with E-state index in [0.29, 0.717) is 26.0 Å². The highest BCUT2D eigenvalue weighted by Crippen LogP contribution is 2.27. The van der Waals surface area contributed by atoms with Crippen molar-refractivity contribution in [1.82, 2.24) is 4.90 Å². The summed E-state index contributed by atoms with van der Waals surface area (Å²) < 4.78 is 10.5. The van der Waals surface area contributed by atoms with Gasteiger partial charge in [0.05, 0.1) is 24.7 Å². The fourth-order valence-corrected chi connectivity index (χ4v) is 2.67. The molecule has 6 nitrogen and oxygen atoms in total. The highest BCUT2D eigenvalue weighted by molar-refractivity contribution is 5.86. The summed E-state index contributed by atoms with van der Waals surface area (Å²) in [5.41, 5.74) is 0. The van der Waals surface area contributed by atoms with Gasteiger partial charge in [-0.3, -0.25) is 4.79 Å². The first-order valence-electron chi connectivity index (χ1n) is 6.20. The first-order valence-corrected chi connectivity index (χ1v) is 6.20. The highest BCUT2D eigenvalue weighted by atomic mass is 16.5. The average molecular weight is 257 g/mol. The van der Waals surface area contributed by atoms with Crippen LogP contribution in [0.15, 0.2) is 0 Å². The summed E-state index contributed by atoms with van der Waals surface area (Å²) in [6.45, 7) is 2.67. The van der Waals surface area contributed by atoms with E-state index in [4.69, 9.17) is 14.6 Å². The van der Waals surface area contributed by atoms with Crippen molar-refractivity contribution in [3.8, 4) is 0 Å². The van der Waals surface area contributed by atoms with Crippen LogP contribution in [0.2, 0.25) is 0 Å². The third-order valence-corrected chi connectivity index (χ3v) is 3.71. The summed E-state index contributed by atoms with van der Waals surface area (Å²) in [6, 6.07) is -0.765. The van der Waals surface area contributed by atoms with Gasteiger partial charge in [0.15, 0.2) is 0 Å². The Balaban J connectivity index is 2.05. The minimum absolute atomic E-state index is 0.0723. The summed E-state index contributed by atoms with van der Waals surface area (Å²) in [5.74, 6) is -1.29. The number of carbonyl (C=O) groups excluding carboxylic acids is 1. The van der Waals surface area contributed by atoms with Crippen molar-refractivity contribution in [1.29, 1.82) is 0 Å². The molecule has 0 aliphatic carbocycles. The van der Waals surface area contributed by atoms with E-state index < -0.39 is 12.0 Å². The molecule has 2 saturated heterocycles. The van der Waals surface area contributed by atoms with Gasteiger partial charge in [-0.2, -0.15) is 0 Å². The Hall–Kier alpha value is -1.14. The third kappa shape index (κ3) is 2.49. The SMILES string of the molecule is COC1CC(C(=O)O)N(C(=O)C2COC(C)C2)C1. The van der Waals surface area contributed by atoms with Crippen LogP contribution in [-0.4, -0.2) is 60.4 Å². The number of methoxy groups -OCH3 is 1. The van der Waals surface area contributed by atoms with Gasteiger partial charge in [0.25, 0.3) is 0 Å². The Morgan fingerprint density at radius 3 is 2.61 bits per heavy atom. The van der Waals surface area contributed by atoms with E-state index in [2.05, 4.69) is 0 Å². The monoisotopic (exact) mass is 257 g/mol. The Labute approximate surface area is 106 Å². The van der Waals surface area contributed by atoms with Gasteiger partial charge in [0, 0.05) is 20.1 Å². The largest absolute Gasteiger partial charge is 0.480 e. The number of aliphatic carboxylic acids is 1. The van der Waals surface area contributed by atoms with Gasteiger partial charge >= 0.3 is 5.97 Å². The topological polar surface area (TPSA) is 76.1 Å². The Kier molecular flexibility index (Phi) is 3.87. The fraction of sp³-hybridized carbons (Fsp3) is 0.833. The van der Waals surface area contributed by atoms with Crippen LogP contribution >= 0.6 is 0 Å². The minimum atomic E-state index is -0.963. The first kappa shape index (κ1) is 13.3. The van der Waals surface area contributed by atoms with Gasteiger partial charge in [0.2, 0.25) is 5.91 Å². The lowest BCUT2D eigenvalue weighted by atomic mass is 10.0. The van der Waals surface area contributed by atoms with Crippen LogP contribution in [0.5, 0.6) is 0 Å². The van der Waals surface area contributed by atoms with Crippen molar-refractivity contribution >= 4 is 11.9 Å². The van der Waals surface area contributed by atoms with E-state index in [1.54, 1.807) is 0 Å². The minimum Gasteiger partial charge on any atom is -0.480 e. The molecule has 4 atom stereocenters. The molecule has 0 radical (unpaired) electrons. The second-order valence-electron chi connectivity index (χ2n) is 5.01. The molecule has 1 amide bonds. The molecule has 0 saturated carbocycles. The molecule has 18 heavy (non-hydrogen) atoms. The zero-order valence-corrected chi connectivity index (χ0v) is 10.7. The average Bonchev–Trinajstić information content (AvgIpc) is 2.93. The molecule has 6 heteroatoms. The molecule has 0 aromatic carbocycles. The predicted molar refractivity (Wildman–Crippen MR) is 62.1 cm³/mol. The number of rotatable bonds is 3. The van der Waals surface area contributed by atoms with E-state index in [1.807, 2.05) is 6.92 Å². The van der Waals surface area contributed by atoms with E-state index in [0.717, 1.165) is 0 Å². The van der Waals surface area contributed by atoms with E-state index >= 15 is 0 Å². The number of likely N-dealkylation sites (tertiary alicyclic amines) is 1.